The van der Waals surface area contributed by atoms with Crippen LogP contribution in [0.1, 0.15) is 25.5 Å². The second-order valence-corrected chi connectivity index (χ2v) is 11.0. The number of sulfone groups is 1. The molecule has 0 aromatic carbocycles. The lowest BCUT2D eigenvalue weighted by Gasteiger charge is -2.39. The summed E-state index contributed by atoms with van der Waals surface area (Å²) in [5.74, 6) is 2.47. The van der Waals surface area contributed by atoms with Crippen LogP contribution in [0.5, 0.6) is 0 Å². The van der Waals surface area contributed by atoms with Crippen molar-refractivity contribution in [1.29, 1.82) is 0 Å². The Balaban J connectivity index is 0.00000320. The van der Waals surface area contributed by atoms with Crippen LogP contribution in [0.2, 0.25) is 0 Å². The summed E-state index contributed by atoms with van der Waals surface area (Å²) in [6.45, 7) is 11.7. The third-order valence-electron chi connectivity index (χ3n) is 5.71. The minimum atomic E-state index is -3.11. The van der Waals surface area contributed by atoms with Gasteiger partial charge in [-0.2, -0.15) is 0 Å². The lowest BCUT2D eigenvalue weighted by molar-refractivity contribution is 0.0388. The molecule has 10 nitrogen and oxygen atoms in total. The average molecular weight is 555 g/mol. The van der Waals surface area contributed by atoms with Crippen molar-refractivity contribution in [1.82, 2.24) is 29.9 Å². The van der Waals surface area contributed by atoms with Gasteiger partial charge in [0.05, 0.1) is 23.7 Å². The Labute approximate surface area is 196 Å². The molecule has 2 saturated heterocycles. The van der Waals surface area contributed by atoms with Crippen LogP contribution < -0.4 is 5.32 Å². The Morgan fingerprint density at radius 1 is 1.23 bits per heavy atom. The fraction of sp³-hybridized carbons (Fsp3) is 0.833. The van der Waals surface area contributed by atoms with Crippen molar-refractivity contribution in [2.45, 2.75) is 32.1 Å². The van der Waals surface area contributed by atoms with E-state index in [9.17, 15) is 8.42 Å². The van der Waals surface area contributed by atoms with Crippen LogP contribution >= 0.6 is 24.0 Å². The minimum Gasteiger partial charge on any atom is -0.379 e. The van der Waals surface area contributed by atoms with E-state index < -0.39 is 14.6 Å². The summed E-state index contributed by atoms with van der Waals surface area (Å²) in [6.07, 6.45) is 0. The number of aliphatic imine (C=N–C) groups is 1. The molecule has 0 unspecified atom stereocenters. The predicted molar refractivity (Wildman–Crippen MR) is 127 cm³/mol. The summed E-state index contributed by atoms with van der Waals surface area (Å²) in [5.41, 5.74) is 0. The molecule has 0 atom stereocenters. The first kappa shape index (κ1) is 25.3. The highest BCUT2D eigenvalue weighted by Crippen LogP contribution is 2.23. The Morgan fingerprint density at radius 2 is 1.93 bits per heavy atom. The number of halogens is 1. The van der Waals surface area contributed by atoms with Gasteiger partial charge in [-0.3, -0.25) is 4.90 Å². The van der Waals surface area contributed by atoms with Crippen molar-refractivity contribution in [2.24, 2.45) is 12.0 Å². The van der Waals surface area contributed by atoms with Crippen LogP contribution in [0.25, 0.3) is 0 Å². The molecule has 3 rings (SSSR count). The van der Waals surface area contributed by atoms with E-state index in [0.29, 0.717) is 19.6 Å². The van der Waals surface area contributed by atoms with Crippen molar-refractivity contribution in [3.8, 4) is 0 Å². The lowest BCUT2D eigenvalue weighted by Crippen LogP contribution is -2.57. The van der Waals surface area contributed by atoms with Gasteiger partial charge in [-0.05, 0) is 20.8 Å². The van der Waals surface area contributed by atoms with Crippen LogP contribution in [-0.2, 0) is 28.2 Å². The smallest absolute Gasteiger partial charge is 0.194 e. The Kier molecular flexibility index (Phi) is 8.89. The molecule has 172 valence electrons. The molecular formula is C18H34IN7O3S. The van der Waals surface area contributed by atoms with E-state index in [4.69, 9.17) is 9.73 Å². The van der Waals surface area contributed by atoms with E-state index in [-0.39, 0.29) is 29.7 Å². The van der Waals surface area contributed by atoms with Gasteiger partial charge in [0.15, 0.2) is 21.6 Å². The van der Waals surface area contributed by atoms with E-state index in [1.54, 1.807) is 13.8 Å². The first-order valence-electron chi connectivity index (χ1n) is 10.1. The van der Waals surface area contributed by atoms with Gasteiger partial charge in [-0.25, -0.2) is 13.4 Å². The molecule has 0 bridgehead atoms. The molecule has 0 radical (unpaired) electrons. The highest BCUT2D eigenvalue weighted by Gasteiger charge is 2.41. The molecule has 1 aromatic heterocycles. The van der Waals surface area contributed by atoms with Crippen LogP contribution in [0.15, 0.2) is 4.99 Å². The number of hydrogen-bond acceptors (Lipinski definition) is 7. The number of guanidine groups is 1. The Bertz CT molecular complexity index is 835. The van der Waals surface area contributed by atoms with E-state index in [2.05, 4.69) is 20.4 Å². The van der Waals surface area contributed by atoms with Crippen molar-refractivity contribution < 1.29 is 13.2 Å². The van der Waals surface area contributed by atoms with Crippen molar-refractivity contribution in [3.05, 3.63) is 11.6 Å². The minimum absolute atomic E-state index is 0. The number of nitrogens with one attached hydrogen (secondary N) is 1. The molecule has 12 heteroatoms. The Morgan fingerprint density at radius 3 is 2.53 bits per heavy atom. The number of aromatic nitrogens is 3. The highest BCUT2D eigenvalue weighted by atomic mass is 127. The highest BCUT2D eigenvalue weighted by molar-refractivity contribution is 14.0. The standard InChI is InChI=1S/C18H33N7O3S.HI/c1-15-21-22-16(23(15)4)13-20-17(19-5-6-24-7-10-28-11-8-24)25-9-12-29(26,27)18(2,3)14-25;/h5-14H2,1-4H3,(H,19,20);1H. The van der Waals surface area contributed by atoms with E-state index in [1.807, 2.05) is 23.4 Å². The second-order valence-electron chi connectivity index (χ2n) is 8.24. The molecule has 0 amide bonds. The van der Waals surface area contributed by atoms with Gasteiger partial charge in [0.1, 0.15) is 12.4 Å². The largest absolute Gasteiger partial charge is 0.379 e. The molecule has 30 heavy (non-hydrogen) atoms. The molecule has 2 fully saturated rings. The van der Waals surface area contributed by atoms with Gasteiger partial charge in [0.2, 0.25) is 0 Å². The molecule has 1 N–H and O–H groups in total. The van der Waals surface area contributed by atoms with Gasteiger partial charge in [-0.1, -0.05) is 0 Å². The van der Waals surface area contributed by atoms with Gasteiger partial charge in [0.25, 0.3) is 0 Å². The summed E-state index contributed by atoms with van der Waals surface area (Å²) in [6, 6.07) is 0. The maximum absolute atomic E-state index is 12.4. The van der Waals surface area contributed by atoms with Crippen LogP contribution in [0.4, 0.5) is 0 Å². The van der Waals surface area contributed by atoms with Gasteiger partial charge in [0, 0.05) is 46.3 Å². The molecule has 2 aliphatic heterocycles. The van der Waals surface area contributed by atoms with Crippen molar-refractivity contribution in [2.75, 3.05) is 58.2 Å². The molecule has 0 spiro atoms. The molecule has 2 aliphatic rings. The van der Waals surface area contributed by atoms with Crippen LogP contribution in [0.3, 0.4) is 0 Å². The van der Waals surface area contributed by atoms with E-state index >= 15 is 0 Å². The summed E-state index contributed by atoms with van der Waals surface area (Å²) >= 11 is 0. The zero-order valence-electron chi connectivity index (χ0n) is 18.3. The van der Waals surface area contributed by atoms with Crippen LogP contribution in [-0.4, -0.2) is 102 Å². The van der Waals surface area contributed by atoms with Crippen molar-refractivity contribution in [3.63, 3.8) is 0 Å². The number of nitrogens with zero attached hydrogens (tertiary/aromatic N) is 6. The van der Waals surface area contributed by atoms with Gasteiger partial charge < -0.3 is 19.5 Å². The topological polar surface area (TPSA) is 105 Å². The maximum Gasteiger partial charge on any atom is 0.194 e. The SMILES string of the molecule is Cc1nnc(CN=C(NCCN2CCOCC2)N2CCS(=O)(=O)C(C)(C)C2)n1C.I. The van der Waals surface area contributed by atoms with E-state index in [1.165, 1.54) is 0 Å². The predicted octanol–water partition coefficient (Wildman–Crippen LogP) is 0.0283. The summed E-state index contributed by atoms with van der Waals surface area (Å²) in [4.78, 5) is 9.16. The first-order valence-corrected chi connectivity index (χ1v) is 11.8. The molecule has 0 aliphatic carbocycles. The maximum atomic E-state index is 12.4. The fourth-order valence-corrected chi connectivity index (χ4v) is 4.84. The Hall–Kier alpha value is -0.990. The monoisotopic (exact) mass is 555 g/mol. The molecule has 0 saturated carbocycles. The first-order chi connectivity index (χ1) is 13.7. The average Bonchev–Trinajstić information content (AvgIpc) is 3.00. The number of hydrogen-bond donors (Lipinski definition) is 1. The number of morpholine rings is 1. The van der Waals surface area contributed by atoms with Crippen molar-refractivity contribution >= 4 is 39.8 Å². The molecule has 3 heterocycles. The lowest BCUT2D eigenvalue weighted by atomic mass is 10.2. The summed E-state index contributed by atoms with van der Waals surface area (Å²) in [5, 5.41) is 11.7. The number of aryl methyl sites for hydroxylation is 1. The fourth-order valence-electron chi connectivity index (χ4n) is 3.48. The van der Waals surface area contributed by atoms with Gasteiger partial charge >= 0.3 is 0 Å². The number of ether oxygens (including phenoxy) is 1. The number of rotatable bonds is 5. The summed E-state index contributed by atoms with van der Waals surface area (Å²) < 4.78 is 31.3. The zero-order chi connectivity index (χ0) is 21.1. The third-order valence-corrected chi connectivity index (χ3v) is 8.24. The third kappa shape index (κ3) is 6.04. The van der Waals surface area contributed by atoms with Gasteiger partial charge in [-0.15, -0.1) is 34.2 Å². The normalized spacial score (nSPS) is 21.9. The molecule has 1 aromatic rings. The quantitative estimate of drug-likeness (QED) is 0.309. The molecular weight excluding hydrogens is 521 g/mol. The summed E-state index contributed by atoms with van der Waals surface area (Å²) in [7, 11) is -1.19. The van der Waals surface area contributed by atoms with Crippen LogP contribution in [0, 0.1) is 6.92 Å². The zero-order valence-corrected chi connectivity index (χ0v) is 21.4. The second kappa shape index (κ2) is 10.6. The van der Waals surface area contributed by atoms with E-state index in [0.717, 1.165) is 57.0 Å².